The van der Waals surface area contributed by atoms with Crippen molar-refractivity contribution in [3.05, 3.63) is 96.1 Å². The highest BCUT2D eigenvalue weighted by atomic mass is 15.0. The Morgan fingerprint density at radius 3 is 2.12 bits per heavy atom. The van der Waals surface area contributed by atoms with Crippen molar-refractivity contribution in [2.45, 2.75) is 25.3 Å². The Kier molecular flexibility index (Phi) is 3.89. The van der Waals surface area contributed by atoms with Crippen molar-refractivity contribution in [3.8, 4) is 0 Å². The summed E-state index contributed by atoms with van der Waals surface area (Å²) < 4.78 is 0. The zero-order chi connectivity index (χ0) is 17.3. The summed E-state index contributed by atoms with van der Waals surface area (Å²) in [7, 11) is 0. The van der Waals surface area contributed by atoms with E-state index in [-0.39, 0.29) is 11.5 Å². The first-order chi connectivity index (χ1) is 12.2. The predicted octanol–water partition coefficient (Wildman–Crippen LogP) is 5.90. The summed E-state index contributed by atoms with van der Waals surface area (Å²) in [6.07, 6.45) is 0. The first-order valence-corrected chi connectivity index (χ1v) is 8.71. The molecule has 0 saturated carbocycles. The first-order valence-electron chi connectivity index (χ1n) is 8.71. The van der Waals surface area contributed by atoms with Gasteiger partial charge in [-0.3, -0.25) is 4.99 Å². The maximum atomic E-state index is 4.97. The van der Waals surface area contributed by atoms with Gasteiger partial charge in [-0.05, 0) is 37.1 Å². The Morgan fingerprint density at radius 2 is 1.40 bits per heavy atom. The molecule has 2 heteroatoms. The van der Waals surface area contributed by atoms with Crippen molar-refractivity contribution in [1.29, 1.82) is 0 Å². The van der Waals surface area contributed by atoms with E-state index in [0.717, 1.165) is 17.1 Å². The molecule has 0 saturated heterocycles. The fourth-order valence-corrected chi connectivity index (χ4v) is 3.94. The van der Waals surface area contributed by atoms with Gasteiger partial charge in [-0.2, -0.15) is 0 Å². The van der Waals surface area contributed by atoms with Crippen molar-refractivity contribution in [2.75, 3.05) is 5.32 Å². The van der Waals surface area contributed by atoms with Gasteiger partial charge in [-0.1, -0.05) is 72.8 Å². The van der Waals surface area contributed by atoms with Gasteiger partial charge in [0.25, 0.3) is 0 Å². The quantitative estimate of drug-likeness (QED) is 0.622. The number of aliphatic imine (C=N–C) groups is 1. The highest BCUT2D eigenvalue weighted by Crippen LogP contribution is 2.45. The van der Waals surface area contributed by atoms with Gasteiger partial charge in [-0.15, -0.1) is 0 Å². The standard InChI is InChI=1S/C23H22N2/c1-17-22(18-11-5-3-6-12-18)23(2,19-13-7-4-8-14-19)25-21-16-10-9-15-20(21)24-17/h3-16,22,25H,1-2H3. The number of rotatable bonds is 2. The van der Waals surface area contributed by atoms with Crippen LogP contribution >= 0.6 is 0 Å². The van der Waals surface area contributed by atoms with Gasteiger partial charge in [0.15, 0.2) is 0 Å². The summed E-state index contributed by atoms with van der Waals surface area (Å²) in [6, 6.07) is 29.6. The maximum absolute atomic E-state index is 4.97. The summed E-state index contributed by atoms with van der Waals surface area (Å²) in [5.41, 5.74) is 5.44. The Labute approximate surface area is 149 Å². The van der Waals surface area contributed by atoms with Crippen LogP contribution in [-0.4, -0.2) is 5.71 Å². The van der Waals surface area contributed by atoms with Crippen LogP contribution in [0.15, 0.2) is 89.9 Å². The molecule has 3 aromatic rings. The Morgan fingerprint density at radius 1 is 0.800 bits per heavy atom. The average molecular weight is 326 g/mol. The van der Waals surface area contributed by atoms with Gasteiger partial charge >= 0.3 is 0 Å². The molecule has 124 valence electrons. The van der Waals surface area contributed by atoms with Crippen molar-refractivity contribution < 1.29 is 0 Å². The number of nitrogens with one attached hydrogen (secondary N) is 1. The number of hydrogen-bond donors (Lipinski definition) is 1. The van der Waals surface area contributed by atoms with Crippen LogP contribution in [-0.2, 0) is 5.54 Å². The summed E-state index contributed by atoms with van der Waals surface area (Å²) in [4.78, 5) is 4.97. The normalized spacial score (nSPS) is 22.3. The Balaban J connectivity index is 1.96. The van der Waals surface area contributed by atoms with Crippen molar-refractivity contribution >= 4 is 17.1 Å². The molecule has 1 aliphatic heterocycles. The van der Waals surface area contributed by atoms with Crippen molar-refractivity contribution in [1.82, 2.24) is 0 Å². The third kappa shape index (κ3) is 2.74. The molecule has 2 atom stereocenters. The lowest BCUT2D eigenvalue weighted by Gasteiger charge is -2.39. The first kappa shape index (κ1) is 15.6. The summed E-state index contributed by atoms with van der Waals surface area (Å²) >= 11 is 0. The number of fused-ring (bicyclic) bond motifs is 1. The minimum atomic E-state index is -0.289. The smallest absolute Gasteiger partial charge is 0.0860 e. The third-order valence-corrected chi connectivity index (χ3v) is 5.10. The molecule has 2 unspecified atom stereocenters. The summed E-state index contributed by atoms with van der Waals surface area (Å²) in [6.45, 7) is 4.42. The average Bonchev–Trinajstić information content (AvgIpc) is 2.76. The van der Waals surface area contributed by atoms with Gasteiger partial charge in [0.05, 0.1) is 16.9 Å². The Hall–Kier alpha value is -2.87. The SMILES string of the molecule is CC1=Nc2ccccc2NC(C)(c2ccccc2)C1c1ccccc1. The van der Waals surface area contributed by atoms with Gasteiger partial charge < -0.3 is 5.32 Å². The van der Waals surface area contributed by atoms with E-state index in [1.54, 1.807) is 0 Å². The summed E-state index contributed by atoms with van der Waals surface area (Å²) in [5, 5.41) is 3.82. The van der Waals surface area contributed by atoms with Gasteiger partial charge in [0, 0.05) is 11.6 Å². The van der Waals surface area contributed by atoms with E-state index < -0.39 is 0 Å². The molecule has 0 fully saturated rings. The molecule has 25 heavy (non-hydrogen) atoms. The fourth-order valence-electron chi connectivity index (χ4n) is 3.94. The minimum absolute atomic E-state index is 0.142. The zero-order valence-electron chi connectivity index (χ0n) is 14.6. The molecule has 1 N–H and O–H groups in total. The predicted molar refractivity (Wildman–Crippen MR) is 106 cm³/mol. The van der Waals surface area contributed by atoms with Crippen LogP contribution in [0.25, 0.3) is 0 Å². The van der Waals surface area contributed by atoms with Crippen LogP contribution in [0.1, 0.15) is 30.9 Å². The lowest BCUT2D eigenvalue weighted by atomic mass is 9.73. The van der Waals surface area contributed by atoms with E-state index in [9.17, 15) is 0 Å². The van der Waals surface area contributed by atoms with Crippen molar-refractivity contribution in [2.24, 2.45) is 4.99 Å². The molecular formula is C23H22N2. The molecule has 1 heterocycles. The van der Waals surface area contributed by atoms with Gasteiger partial charge in [0.2, 0.25) is 0 Å². The summed E-state index contributed by atoms with van der Waals surface area (Å²) in [5.74, 6) is 0.142. The zero-order valence-corrected chi connectivity index (χ0v) is 14.6. The van der Waals surface area contributed by atoms with Crippen molar-refractivity contribution in [3.63, 3.8) is 0 Å². The van der Waals surface area contributed by atoms with Crippen LogP contribution in [0.4, 0.5) is 11.4 Å². The third-order valence-electron chi connectivity index (χ3n) is 5.10. The molecule has 0 aromatic heterocycles. The van der Waals surface area contributed by atoms with Gasteiger partial charge in [0.1, 0.15) is 0 Å². The van der Waals surface area contributed by atoms with Crippen LogP contribution in [0.3, 0.4) is 0 Å². The molecule has 1 aliphatic rings. The van der Waals surface area contributed by atoms with Crippen LogP contribution in [0, 0.1) is 0 Å². The maximum Gasteiger partial charge on any atom is 0.0860 e. The van der Waals surface area contributed by atoms with E-state index >= 15 is 0 Å². The van der Waals surface area contributed by atoms with E-state index in [1.165, 1.54) is 11.1 Å². The highest BCUT2D eigenvalue weighted by molar-refractivity contribution is 5.95. The number of benzene rings is 3. The van der Waals surface area contributed by atoms with E-state index in [1.807, 2.05) is 6.07 Å². The molecule has 0 radical (unpaired) electrons. The Bertz CT molecular complexity index is 900. The minimum Gasteiger partial charge on any atom is -0.373 e. The topological polar surface area (TPSA) is 24.4 Å². The molecule has 0 amide bonds. The second-order valence-corrected chi connectivity index (χ2v) is 6.81. The molecule has 2 nitrogen and oxygen atoms in total. The highest BCUT2D eigenvalue weighted by Gasteiger charge is 2.40. The largest absolute Gasteiger partial charge is 0.373 e. The molecule has 0 aliphatic carbocycles. The van der Waals surface area contributed by atoms with Crippen LogP contribution in [0.5, 0.6) is 0 Å². The van der Waals surface area contributed by atoms with Crippen LogP contribution < -0.4 is 5.32 Å². The second-order valence-electron chi connectivity index (χ2n) is 6.81. The monoisotopic (exact) mass is 326 g/mol. The lowest BCUT2D eigenvalue weighted by Crippen LogP contribution is -2.41. The van der Waals surface area contributed by atoms with Crippen LogP contribution in [0.2, 0.25) is 0 Å². The van der Waals surface area contributed by atoms with E-state index in [4.69, 9.17) is 4.99 Å². The molecule has 3 aromatic carbocycles. The van der Waals surface area contributed by atoms with E-state index in [0.29, 0.717) is 0 Å². The molecule has 0 bridgehead atoms. The second kappa shape index (κ2) is 6.21. The molecule has 4 rings (SSSR count). The number of hydrogen-bond acceptors (Lipinski definition) is 2. The van der Waals surface area contributed by atoms with E-state index in [2.05, 4.69) is 98.0 Å². The number of para-hydroxylation sites is 2. The fraction of sp³-hybridized carbons (Fsp3) is 0.174. The molecular weight excluding hydrogens is 304 g/mol. The van der Waals surface area contributed by atoms with Gasteiger partial charge in [-0.25, -0.2) is 0 Å². The lowest BCUT2D eigenvalue weighted by molar-refractivity contribution is 0.507. The number of anilines is 1. The molecule has 0 spiro atoms. The number of nitrogens with zero attached hydrogens (tertiary/aromatic N) is 1.